The molecule has 3 heteroatoms. The van der Waals surface area contributed by atoms with Gasteiger partial charge in [0, 0.05) is 18.4 Å². The van der Waals surface area contributed by atoms with Gasteiger partial charge in [0.15, 0.2) is 0 Å². The van der Waals surface area contributed by atoms with Gasteiger partial charge in [-0.1, -0.05) is 30.3 Å². The van der Waals surface area contributed by atoms with Crippen LogP contribution >= 0.6 is 0 Å². The number of piperazine rings is 1. The van der Waals surface area contributed by atoms with E-state index in [1.165, 1.54) is 38.0 Å². The predicted molar refractivity (Wildman–Crippen MR) is 95.7 cm³/mol. The highest BCUT2D eigenvalue weighted by molar-refractivity contribution is 5.33. The molecule has 126 valence electrons. The van der Waals surface area contributed by atoms with E-state index >= 15 is 0 Å². The molecule has 0 bridgehead atoms. The zero-order chi connectivity index (χ0) is 16.4. The lowest BCUT2D eigenvalue weighted by atomic mass is 10.0. The van der Waals surface area contributed by atoms with Gasteiger partial charge in [0.25, 0.3) is 0 Å². The average molecular weight is 324 g/mol. The smallest absolute Gasteiger partial charge is 0.140 e. The Morgan fingerprint density at radius 3 is 2.67 bits per heavy atom. The van der Waals surface area contributed by atoms with Crippen LogP contribution in [0.4, 0.5) is 0 Å². The van der Waals surface area contributed by atoms with Crippen molar-refractivity contribution in [3.05, 3.63) is 60.2 Å². The lowest BCUT2D eigenvalue weighted by Crippen LogP contribution is -3.31. The van der Waals surface area contributed by atoms with E-state index in [1.54, 1.807) is 4.90 Å². The molecule has 2 unspecified atom stereocenters. The molecule has 0 amide bonds. The molecule has 2 heterocycles. The third-order valence-corrected chi connectivity index (χ3v) is 5.86. The van der Waals surface area contributed by atoms with Gasteiger partial charge in [-0.15, -0.1) is 0 Å². The number of hydrogen-bond acceptors (Lipinski definition) is 1. The lowest BCUT2D eigenvalue weighted by Gasteiger charge is -2.37. The minimum atomic E-state index is 0.759. The predicted octanol–water partition coefficient (Wildman–Crippen LogP) is 1.31. The summed E-state index contributed by atoms with van der Waals surface area (Å²) >= 11 is 0. The molecule has 0 aliphatic carbocycles. The fourth-order valence-corrected chi connectivity index (χ4v) is 4.54. The molecular formula is C21H28N2O+2. The van der Waals surface area contributed by atoms with Crippen molar-refractivity contribution in [3.8, 4) is 11.5 Å². The van der Waals surface area contributed by atoms with Crippen LogP contribution in [0.1, 0.15) is 25.3 Å². The summed E-state index contributed by atoms with van der Waals surface area (Å²) in [6.45, 7) is 7.58. The molecule has 0 saturated carbocycles. The fraction of sp³-hybridized carbons (Fsp3) is 0.429. The van der Waals surface area contributed by atoms with Crippen LogP contribution in [0, 0.1) is 0 Å². The summed E-state index contributed by atoms with van der Waals surface area (Å²) in [6.07, 6.45) is 2.83. The van der Waals surface area contributed by atoms with Crippen LogP contribution in [0.25, 0.3) is 0 Å². The normalized spacial score (nSPS) is 29.2. The number of hydrogen-bond donors (Lipinski definition) is 2. The van der Waals surface area contributed by atoms with Crippen LogP contribution in [-0.4, -0.2) is 31.7 Å². The van der Waals surface area contributed by atoms with Gasteiger partial charge in [0.05, 0.1) is 6.54 Å². The summed E-state index contributed by atoms with van der Waals surface area (Å²) in [5.41, 5.74) is 1.38. The molecule has 0 aromatic heterocycles. The summed E-state index contributed by atoms with van der Waals surface area (Å²) in [7, 11) is 0. The molecule has 0 radical (unpaired) electrons. The summed E-state index contributed by atoms with van der Waals surface area (Å²) < 4.78 is 5.99. The molecule has 24 heavy (non-hydrogen) atoms. The highest BCUT2D eigenvalue weighted by atomic mass is 16.5. The Bertz CT molecular complexity index is 673. The number of ether oxygens (including phenoxy) is 1. The highest BCUT2D eigenvalue weighted by Crippen LogP contribution is 2.21. The Morgan fingerprint density at radius 2 is 1.79 bits per heavy atom. The van der Waals surface area contributed by atoms with E-state index in [9.17, 15) is 0 Å². The summed E-state index contributed by atoms with van der Waals surface area (Å²) in [5, 5.41) is 0. The van der Waals surface area contributed by atoms with Crippen molar-refractivity contribution >= 4 is 0 Å². The lowest BCUT2D eigenvalue weighted by molar-refractivity contribution is -1.05. The van der Waals surface area contributed by atoms with Crippen LogP contribution < -0.4 is 14.5 Å². The highest BCUT2D eigenvalue weighted by Gasteiger charge is 2.42. The summed E-state index contributed by atoms with van der Waals surface area (Å²) in [5.74, 6) is 1.84. The first-order valence-corrected chi connectivity index (χ1v) is 9.30. The third-order valence-electron chi connectivity index (χ3n) is 5.86. The van der Waals surface area contributed by atoms with Gasteiger partial charge in [-0.2, -0.15) is 0 Å². The largest absolute Gasteiger partial charge is 0.457 e. The van der Waals surface area contributed by atoms with Crippen molar-refractivity contribution in [1.82, 2.24) is 0 Å². The van der Waals surface area contributed by atoms with E-state index in [0.29, 0.717) is 0 Å². The molecular weight excluding hydrogens is 296 g/mol. The van der Waals surface area contributed by atoms with E-state index < -0.39 is 0 Å². The van der Waals surface area contributed by atoms with Crippen LogP contribution in [0.15, 0.2) is 54.6 Å². The Hall–Kier alpha value is -1.84. The molecule has 4 rings (SSSR count). The Balaban J connectivity index is 1.44. The summed E-state index contributed by atoms with van der Waals surface area (Å²) in [6, 6.07) is 20.3. The maximum atomic E-state index is 5.99. The fourth-order valence-electron chi connectivity index (χ4n) is 4.54. The standard InChI is InChI=1S/C21H26N2O/c1-17-21-11-6-12-22(21)13-14-23(17)16-18-7-5-10-20(15-18)24-19-8-3-2-4-9-19/h2-5,7-10,15,17,21H,6,11-14,16H2,1H3/p+2/t17-,21-/m1/s1. The van der Waals surface area contributed by atoms with Gasteiger partial charge in [-0.05, 0) is 31.2 Å². The van der Waals surface area contributed by atoms with Gasteiger partial charge in [-0.25, -0.2) is 0 Å². The van der Waals surface area contributed by atoms with E-state index in [4.69, 9.17) is 4.74 Å². The van der Waals surface area contributed by atoms with Crippen molar-refractivity contribution in [2.45, 2.75) is 38.4 Å². The van der Waals surface area contributed by atoms with Gasteiger partial charge >= 0.3 is 0 Å². The molecule has 0 spiro atoms. The van der Waals surface area contributed by atoms with Crippen LogP contribution in [0.2, 0.25) is 0 Å². The Morgan fingerprint density at radius 1 is 0.958 bits per heavy atom. The molecule has 2 saturated heterocycles. The molecule has 2 aliphatic heterocycles. The first-order valence-electron chi connectivity index (χ1n) is 9.30. The Kier molecular flexibility index (Phi) is 4.54. The molecule has 2 N–H and O–H groups in total. The quantitative estimate of drug-likeness (QED) is 0.868. The summed E-state index contributed by atoms with van der Waals surface area (Å²) in [4.78, 5) is 3.59. The van der Waals surface area contributed by atoms with Gasteiger partial charge in [-0.3, -0.25) is 0 Å². The molecule has 3 nitrogen and oxygen atoms in total. The number of fused-ring (bicyclic) bond motifs is 1. The second kappa shape index (κ2) is 6.96. The van der Waals surface area contributed by atoms with Gasteiger partial charge < -0.3 is 14.5 Å². The van der Waals surface area contributed by atoms with Crippen molar-refractivity contribution in [2.24, 2.45) is 0 Å². The van der Waals surface area contributed by atoms with Crippen LogP contribution in [-0.2, 0) is 6.54 Å². The maximum Gasteiger partial charge on any atom is 0.140 e. The van der Waals surface area contributed by atoms with E-state index in [-0.39, 0.29) is 0 Å². The van der Waals surface area contributed by atoms with Crippen molar-refractivity contribution in [2.75, 3.05) is 19.6 Å². The second-order valence-corrected chi connectivity index (χ2v) is 7.34. The van der Waals surface area contributed by atoms with Crippen molar-refractivity contribution < 1.29 is 14.5 Å². The zero-order valence-electron chi connectivity index (χ0n) is 14.5. The maximum absolute atomic E-state index is 5.99. The number of para-hydroxylation sites is 1. The number of rotatable bonds is 4. The third kappa shape index (κ3) is 3.33. The zero-order valence-corrected chi connectivity index (χ0v) is 14.5. The first kappa shape index (κ1) is 15.7. The first-order chi connectivity index (χ1) is 11.8. The van der Waals surface area contributed by atoms with Crippen LogP contribution in [0.3, 0.4) is 0 Å². The van der Waals surface area contributed by atoms with Crippen molar-refractivity contribution in [3.63, 3.8) is 0 Å². The van der Waals surface area contributed by atoms with E-state index in [0.717, 1.165) is 30.1 Å². The minimum Gasteiger partial charge on any atom is -0.457 e. The van der Waals surface area contributed by atoms with Gasteiger partial charge in [0.2, 0.25) is 0 Å². The minimum absolute atomic E-state index is 0.759. The molecule has 2 fully saturated rings. The number of benzene rings is 2. The monoisotopic (exact) mass is 324 g/mol. The average Bonchev–Trinajstić information content (AvgIpc) is 3.08. The van der Waals surface area contributed by atoms with E-state index in [1.807, 2.05) is 41.3 Å². The number of quaternary nitrogens is 2. The topological polar surface area (TPSA) is 18.1 Å². The van der Waals surface area contributed by atoms with Gasteiger partial charge in [0.1, 0.15) is 43.2 Å². The van der Waals surface area contributed by atoms with E-state index in [2.05, 4.69) is 25.1 Å². The molecule has 2 aromatic rings. The second-order valence-electron chi connectivity index (χ2n) is 7.34. The van der Waals surface area contributed by atoms with Crippen LogP contribution in [0.5, 0.6) is 11.5 Å². The molecule has 4 atom stereocenters. The SMILES string of the molecule is C[C@@H]1[C@H]2CCC[NH+]2CC[NH+]1Cc1cccc(Oc2ccccc2)c1. The molecule has 2 aromatic carbocycles. The molecule has 2 aliphatic rings. The van der Waals surface area contributed by atoms with Crippen molar-refractivity contribution in [1.29, 1.82) is 0 Å². The number of nitrogens with one attached hydrogen (secondary N) is 2. The Labute approximate surface area is 144 Å².